The molecular formula is C19H18N2O3S. The van der Waals surface area contributed by atoms with Gasteiger partial charge >= 0.3 is 0 Å². The van der Waals surface area contributed by atoms with Gasteiger partial charge in [-0.3, -0.25) is 10.2 Å². The standard InChI is InChI=1S/C19H18N2O3S/c1-2-14-7-11-18(12-8-14)25(23,24)21-20-19(22)17-10-9-15-5-3-4-6-16(15)13-17/h3-13,21H,2H2,1H3,(H,20,22). The summed E-state index contributed by atoms with van der Waals surface area (Å²) in [6.07, 6.45) is 0.826. The number of nitrogens with one attached hydrogen (secondary N) is 2. The fourth-order valence-corrected chi connectivity index (χ4v) is 3.32. The quantitative estimate of drug-likeness (QED) is 0.692. The first-order chi connectivity index (χ1) is 12.0. The van der Waals surface area contributed by atoms with Crippen molar-refractivity contribution in [2.45, 2.75) is 18.2 Å². The maximum Gasteiger partial charge on any atom is 0.266 e. The van der Waals surface area contributed by atoms with Crippen molar-refractivity contribution < 1.29 is 13.2 Å². The van der Waals surface area contributed by atoms with Gasteiger partial charge in [0, 0.05) is 5.56 Å². The molecule has 0 aromatic heterocycles. The highest BCUT2D eigenvalue weighted by molar-refractivity contribution is 7.89. The minimum absolute atomic E-state index is 0.100. The third-order valence-corrected chi connectivity index (χ3v) is 5.22. The molecule has 0 aliphatic rings. The van der Waals surface area contributed by atoms with Crippen LogP contribution in [0.2, 0.25) is 0 Å². The number of aryl methyl sites for hydroxylation is 1. The maximum absolute atomic E-state index is 12.3. The molecule has 1 amide bonds. The smallest absolute Gasteiger partial charge is 0.266 e. The summed E-state index contributed by atoms with van der Waals surface area (Å²) in [4.78, 5) is 14.5. The van der Waals surface area contributed by atoms with Gasteiger partial charge in [-0.25, -0.2) is 8.42 Å². The molecule has 6 heteroatoms. The van der Waals surface area contributed by atoms with Gasteiger partial charge in [0.05, 0.1) is 4.90 Å². The zero-order valence-electron chi connectivity index (χ0n) is 13.7. The Kier molecular flexibility index (Phi) is 4.83. The van der Waals surface area contributed by atoms with Crippen LogP contribution in [0.1, 0.15) is 22.8 Å². The Morgan fingerprint density at radius 3 is 2.28 bits per heavy atom. The van der Waals surface area contributed by atoms with Crippen molar-refractivity contribution >= 4 is 26.7 Å². The van der Waals surface area contributed by atoms with Crippen LogP contribution in [0.3, 0.4) is 0 Å². The van der Waals surface area contributed by atoms with E-state index in [1.165, 1.54) is 12.1 Å². The fourth-order valence-electron chi connectivity index (χ4n) is 2.48. The number of hydrazine groups is 1. The second-order valence-corrected chi connectivity index (χ2v) is 7.30. The summed E-state index contributed by atoms with van der Waals surface area (Å²) in [6.45, 7) is 1.99. The van der Waals surface area contributed by atoms with Crippen LogP contribution in [-0.4, -0.2) is 14.3 Å². The van der Waals surface area contributed by atoms with E-state index in [0.717, 1.165) is 22.8 Å². The largest absolute Gasteiger partial charge is 0.273 e. The number of sulfonamides is 1. The normalized spacial score (nSPS) is 11.4. The van der Waals surface area contributed by atoms with Crippen molar-refractivity contribution in [1.29, 1.82) is 0 Å². The van der Waals surface area contributed by atoms with Crippen molar-refractivity contribution in [1.82, 2.24) is 10.3 Å². The average Bonchev–Trinajstić information content (AvgIpc) is 2.65. The molecule has 25 heavy (non-hydrogen) atoms. The molecule has 0 unspecified atom stereocenters. The fraction of sp³-hybridized carbons (Fsp3) is 0.105. The highest BCUT2D eigenvalue weighted by Gasteiger charge is 2.15. The molecule has 0 saturated heterocycles. The van der Waals surface area contributed by atoms with E-state index in [2.05, 4.69) is 10.3 Å². The molecule has 0 fully saturated rings. The Bertz CT molecular complexity index is 1010. The lowest BCUT2D eigenvalue weighted by molar-refractivity contribution is 0.0945. The average molecular weight is 354 g/mol. The van der Waals surface area contributed by atoms with Gasteiger partial charge in [-0.1, -0.05) is 49.4 Å². The number of rotatable bonds is 5. The van der Waals surface area contributed by atoms with Gasteiger partial charge in [0.25, 0.3) is 15.9 Å². The number of carbonyl (C=O) groups excluding carboxylic acids is 1. The van der Waals surface area contributed by atoms with Crippen LogP contribution in [-0.2, 0) is 16.4 Å². The molecule has 0 radical (unpaired) electrons. The summed E-state index contributed by atoms with van der Waals surface area (Å²) in [5.41, 5.74) is 3.67. The summed E-state index contributed by atoms with van der Waals surface area (Å²) in [6, 6.07) is 19.4. The van der Waals surface area contributed by atoms with Crippen LogP contribution >= 0.6 is 0 Å². The zero-order valence-corrected chi connectivity index (χ0v) is 14.5. The van der Waals surface area contributed by atoms with Crippen LogP contribution in [0.25, 0.3) is 10.8 Å². The molecule has 0 heterocycles. The van der Waals surface area contributed by atoms with Crippen molar-refractivity contribution in [2.75, 3.05) is 0 Å². The van der Waals surface area contributed by atoms with Crippen molar-refractivity contribution in [3.05, 3.63) is 77.9 Å². The monoisotopic (exact) mass is 354 g/mol. The lowest BCUT2D eigenvalue weighted by Gasteiger charge is -2.09. The van der Waals surface area contributed by atoms with Gasteiger partial charge < -0.3 is 0 Å². The van der Waals surface area contributed by atoms with Gasteiger partial charge in [-0.05, 0) is 47.0 Å². The number of amides is 1. The molecule has 128 valence electrons. The minimum atomic E-state index is -3.81. The summed E-state index contributed by atoms with van der Waals surface area (Å²) >= 11 is 0. The number of benzene rings is 3. The Morgan fingerprint density at radius 2 is 1.60 bits per heavy atom. The number of hydrogen-bond donors (Lipinski definition) is 2. The van der Waals surface area contributed by atoms with E-state index in [4.69, 9.17) is 0 Å². The first-order valence-corrected chi connectivity index (χ1v) is 9.38. The minimum Gasteiger partial charge on any atom is -0.273 e. The van der Waals surface area contributed by atoms with Gasteiger partial charge in [0.1, 0.15) is 0 Å². The van der Waals surface area contributed by atoms with Gasteiger partial charge in [0.2, 0.25) is 0 Å². The predicted octanol–water partition coefficient (Wildman–Crippen LogP) is 3.03. The third kappa shape index (κ3) is 3.87. The highest BCUT2D eigenvalue weighted by atomic mass is 32.2. The molecule has 0 aliphatic carbocycles. The third-order valence-electron chi connectivity index (χ3n) is 3.95. The van der Waals surface area contributed by atoms with Crippen LogP contribution in [0, 0.1) is 0 Å². The molecular weight excluding hydrogens is 336 g/mol. The van der Waals surface area contributed by atoms with E-state index in [1.807, 2.05) is 37.3 Å². The first kappa shape index (κ1) is 17.1. The Balaban J connectivity index is 1.73. The Labute approximate surface area is 146 Å². The molecule has 3 rings (SSSR count). The van der Waals surface area contributed by atoms with Crippen molar-refractivity contribution in [3.63, 3.8) is 0 Å². The molecule has 5 nitrogen and oxygen atoms in total. The number of fused-ring (bicyclic) bond motifs is 1. The zero-order chi connectivity index (χ0) is 17.9. The van der Waals surface area contributed by atoms with E-state index >= 15 is 0 Å². The van der Waals surface area contributed by atoms with E-state index in [0.29, 0.717) is 5.56 Å². The number of carbonyl (C=O) groups is 1. The van der Waals surface area contributed by atoms with Crippen LogP contribution < -0.4 is 10.3 Å². The van der Waals surface area contributed by atoms with Crippen molar-refractivity contribution in [2.24, 2.45) is 0 Å². The summed E-state index contributed by atoms with van der Waals surface area (Å²) in [5, 5.41) is 1.92. The molecule has 3 aromatic carbocycles. The number of hydrogen-bond acceptors (Lipinski definition) is 3. The molecule has 0 spiro atoms. The summed E-state index contributed by atoms with van der Waals surface area (Å²) in [7, 11) is -3.81. The molecule has 0 aliphatic heterocycles. The van der Waals surface area contributed by atoms with E-state index in [9.17, 15) is 13.2 Å². The Hall–Kier alpha value is -2.70. The lowest BCUT2D eigenvalue weighted by atomic mass is 10.1. The SMILES string of the molecule is CCc1ccc(S(=O)(=O)NNC(=O)c2ccc3ccccc3c2)cc1. The van der Waals surface area contributed by atoms with Gasteiger partial charge in [-0.2, -0.15) is 0 Å². The van der Waals surface area contributed by atoms with Crippen LogP contribution in [0.4, 0.5) is 0 Å². The molecule has 0 bridgehead atoms. The maximum atomic E-state index is 12.3. The topological polar surface area (TPSA) is 75.3 Å². The van der Waals surface area contributed by atoms with E-state index in [1.54, 1.807) is 24.3 Å². The molecule has 0 atom stereocenters. The Morgan fingerprint density at radius 1 is 0.920 bits per heavy atom. The predicted molar refractivity (Wildman–Crippen MR) is 97.6 cm³/mol. The second kappa shape index (κ2) is 7.04. The van der Waals surface area contributed by atoms with Crippen LogP contribution in [0.15, 0.2) is 71.6 Å². The second-order valence-electron chi connectivity index (χ2n) is 5.62. The molecule has 0 saturated carbocycles. The van der Waals surface area contributed by atoms with Crippen LogP contribution in [0.5, 0.6) is 0 Å². The van der Waals surface area contributed by atoms with E-state index in [-0.39, 0.29) is 4.90 Å². The molecule has 2 N–H and O–H groups in total. The highest BCUT2D eigenvalue weighted by Crippen LogP contribution is 2.15. The first-order valence-electron chi connectivity index (χ1n) is 7.89. The lowest BCUT2D eigenvalue weighted by Crippen LogP contribution is -2.41. The van der Waals surface area contributed by atoms with Gasteiger partial charge in [-0.15, -0.1) is 4.83 Å². The van der Waals surface area contributed by atoms with Gasteiger partial charge in [0.15, 0.2) is 0 Å². The van der Waals surface area contributed by atoms with Crippen molar-refractivity contribution in [3.8, 4) is 0 Å². The molecule has 3 aromatic rings. The summed E-state index contributed by atoms with van der Waals surface area (Å²) in [5.74, 6) is -0.514. The van der Waals surface area contributed by atoms with E-state index < -0.39 is 15.9 Å². The summed E-state index contributed by atoms with van der Waals surface area (Å²) < 4.78 is 24.5.